The first-order chi connectivity index (χ1) is 13.5. The second-order valence-corrected chi connectivity index (χ2v) is 10.3. The highest BCUT2D eigenvalue weighted by atomic mass is 16.1. The van der Waals surface area contributed by atoms with Gasteiger partial charge in [-0.1, -0.05) is 90.1 Å². The standard InChI is InChI=1S/C28H34O/c1-27(2,3)24-14-10-20(11-15-24)18-22-8-7-9-23(26(22)29)19-21-12-16-25(17-13-21)28(4,5)6/h10-19H,7-9H2,1-6H3/b22-18+,23-19+. The van der Waals surface area contributed by atoms with Crippen molar-refractivity contribution < 1.29 is 4.79 Å². The SMILES string of the molecule is CC(C)(C)c1ccc(/C=C2\CCC/C(=C\c3ccc(C(C)(C)C)cc3)C2=O)cc1. The Hall–Kier alpha value is -2.41. The Morgan fingerprint density at radius 2 is 0.966 bits per heavy atom. The van der Waals surface area contributed by atoms with E-state index in [1.165, 1.54) is 11.1 Å². The summed E-state index contributed by atoms with van der Waals surface area (Å²) in [5.41, 5.74) is 6.99. The molecule has 0 spiro atoms. The van der Waals surface area contributed by atoms with Gasteiger partial charge in [0, 0.05) is 11.1 Å². The third kappa shape index (κ3) is 5.35. The van der Waals surface area contributed by atoms with Gasteiger partial charge in [-0.15, -0.1) is 0 Å². The number of hydrogen-bond donors (Lipinski definition) is 0. The lowest BCUT2D eigenvalue weighted by Crippen LogP contribution is -2.13. The zero-order valence-electron chi connectivity index (χ0n) is 18.8. The normalized spacial score (nSPS) is 18.5. The molecule has 2 aromatic carbocycles. The number of Topliss-reactive ketones (excluding diaryl/α,β-unsaturated/α-hetero) is 1. The van der Waals surface area contributed by atoms with Crippen molar-refractivity contribution in [1.29, 1.82) is 0 Å². The third-order valence-electron chi connectivity index (χ3n) is 5.71. The largest absolute Gasteiger partial charge is 0.289 e. The van der Waals surface area contributed by atoms with Crippen molar-refractivity contribution in [2.75, 3.05) is 0 Å². The van der Waals surface area contributed by atoms with Crippen LogP contribution in [0, 0.1) is 0 Å². The van der Waals surface area contributed by atoms with Crippen molar-refractivity contribution in [1.82, 2.24) is 0 Å². The monoisotopic (exact) mass is 386 g/mol. The fraction of sp³-hybridized carbons (Fsp3) is 0.393. The van der Waals surface area contributed by atoms with E-state index in [0.29, 0.717) is 0 Å². The molecule has 3 rings (SSSR count). The van der Waals surface area contributed by atoms with E-state index < -0.39 is 0 Å². The minimum atomic E-state index is 0.144. The Balaban J connectivity index is 1.81. The van der Waals surface area contributed by atoms with Gasteiger partial charge in [-0.2, -0.15) is 0 Å². The molecule has 0 unspecified atom stereocenters. The van der Waals surface area contributed by atoms with E-state index in [-0.39, 0.29) is 16.6 Å². The molecule has 1 aliphatic carbocycles. The smallest absolute Gasteiger partial charge is 0.185 e. The molecule has 1 aliphatic rings. The van der Waals surface area contributed by atoms with Crippen molar-refractivity contribution in [2.24, 2.45) is 0 Å². The number of ketones is 1. The highest BCUT2D eigenvalue weighted by Crippen LogP contribution is 2.30. The van der Waals surface area contributed by atoms with Crippen LogP contribution in [0.3, 0.4) is 0 Å². The molecule has 0 saturated heterocycles. The second-order valence-electron chi connectivity index (χ2n) is 10.3. The maximum Gasteiger partial charge on any atom is 0.185 e. The highest BCUT2D eigenvalue weighted by molar-refractivity contribution is 6.13. The molecule has 2 aromatic rings. The summed E-state index contributed by atoms with van der Waals surface area (Å²) in [6.45, 7) is 13.3. The zero-order chi connectivity index (χ0) is 21.2. The van der Waals surface area contributed by atoms with Gasteiger partial charge < -0.3 is 0 Å². The van der Waals surface area contributed by atoms with Crippen LogP contribution in [0.15, 0.2) is 59.7 Å². The summed E-state index contributed by atoms with van der Waals surface area (Å²) in [6, 6.07) is 17.2. The van der Waals surface area contributed by atoms with Crippen LogP contribution >= 0.6 is 0 Å². The van der Waals surface area contributed by atoms with Crippen LogP contribution in [0.25, 0.3) is 12.2 Å². The van der Waals surface area contributed by atoms with Gasteiger partial charge in [-0.25, -0.2) is 0 Å². The summed E-state index contributed by atoms with van der Waals surface area (Å²) < 4.78 is 0. The minimum absolute atomic E-state index is 0.144. The van der Waals surface area contributed by atoms with Crippen LogP contribution in [0.2, 0.25) is 0 Å². The molecule has 0 bridgehead atoms. The summed E-state index contributed by atoms with van der Waals surface area (Å²) >= 11 is 0. The zero-order valence-corrected chi connectivity index (χ0v) is 18.8. The van der Waals surface area contributed by atoms with Gasteiger partial charge in [-0.3, -0.25) is 4.79 Å². The third-order valence-corrected chi connectivity index (χ3v) is 5.71. The number of carbonyl (C=O) groups is 1. The molecule has 29 heavy (non-hydrogen) atoms. The summed E-state index contributed by atoms with van der Waals surface area (Å²) in [7, 11) is 0. The molecule has 0 aromatic heterocycles. The van der Waals surface area contributed by atoms with Crippen molar-refractivity contribution in [3.8, 4) is 0 Å². The summed E-state index contributed by atoms with van der Waals surface area (Å²) in [4.78, 5) is 13.1. The number of hydrogen-bond acceptors (Lipinski definition) is 1. The molecule has 0 heterocycles. The first kappa shape index (κ1) is 21.3. The van der Waals surface area contributed by atoms with Gasteiger partial charge in [0.15, 0.2) is 5.78 Å². The number of rotatable bonds is 2. The average molecular weight is 387 g/mol. The van der Waals surface area contributed by atoms with E-state index in [0.717, 1.165) is 41.5 Å². The lowest BCUT2D eigenvalue weighted by molar-refractivity contribution is -0.112. The Bertz CT molecular complexity index is 846. The molecule has 0 atom stereocenters. The Kier molecular flexibility index (Phi) is 5.98. The van der Waals surface area contributed by atoms with Crippen molar-refractivity contribution >= 4 is 17.9 Å². The minimum Gasteiger partial charge on any atom is -0.289 e. The fourth-order valence-electron chi connectivity index (χ4n) is 3.74. The number of allylic oxidation sites excluding steroid dienone is 2. The molecular formula is C28H34O. The molecule has 0 N–H and O–H groups in total. The first-order valence-corrected chi connectivity index (χ1v) is 10.7. The van der Waals surface area contributed by atoms with Gasteiger partial charge >= 0.3 is 0 Å². The van der Waals surface area contributed by atoms with E-state index in [4.69, 9.17) is 0 Å². The first-order valence-electron chi connectivity index (χ1n) is 10.7. The van der Waals surface area contributed by atoms with Gasteiger partial charge in [-0.05, 0) is 64.5 Å². The maximum atomic E-state index is 13.1. The molecule has 0 radical (unpaired) electrons. The number of benzene rings is 2. The van der Waals surface area contributed by atoms with Crippen LogP contribution in [0.5, 0.6) is 0 Å². The van der Waals surface area contributed by atoms with Crippen molar-refractivity contribution in [3.05, 3.63) is 81.9 Å². The molecule has 0 amide bonds. The Labute approximate surface area is 176 Å². The topological polar surface area (TPSA) is 17.1 Å². The summed E-state index contributed by atoms with van der Waals surface area (Å²) in [5, 5.41) is 0. The molecule has 1 saturated carbocycles. The molecule has 0 aliphatic heterocycles. The maximum absolute atomic E-state index is 13.1. The molecule has 1 nitrogen and oxygen atoms in total. The van der Waals surface area contributed by atoms with Crippen LogP contribution in [-0.4, -0.2) is 5.78 Å². The summed E-state index contributed by atoms with van der Waals surface area (Å²) in [6.07, 6.45) is 6.90. The van der Waals surface area contributed by atoms with Gasteiger partial charge in [0.05, 0.1) is 0 Å². The highest BCUT2D eigenvalue weighted by Gasteiger charge is 2.21. The molecular weight excluding hydrogens is 352 g/mol. The average Bonchev–Trinajstić information content (AvgIpc) is 2.64. The van der Waals surface area contributed by atoms with E-state index in [1.807, 2.05) is 0 Å². The van der Waals surface area contributed by atoms with Crippen LogP contribution in [0.1, 0.15) is 83.1 Å². The second kappa shape index (κ2) is 8.14. The van der Waals surface area contributed by atoms with Gasteiger partial charge in [0.25, 0.3) is 0 Å². The van der Waals surface area contributed by atoms with E-state index in [1.54, 1.807) is 0 Å². The number of carbonyl (C=O) groups excluding carboxylic acids is 1. The van der Waals surface area contributed by atoms with Crippen LogP contribution in [-0.2, 0) is 15.6 Å². The fourth-order valence-corrected chi connectivity index (χ4v) is 3.74. The van der Waals surface area contributed by atoms with Gasteiger partial charge in [0.1, 0.15) is 0 Å². The van der Waals surface area contributed by atoms with E-state index >= 15 is 0 Å². The predicted octanol–water partition coefficient (Wildman–Crippen LogP) is 7.50. The quantitative estimate of drug-likeness (QED) is 0.488. The van der Waals surface area contributed by atoms with Crippen molar-refractivity contribution in [2.45, 2.75) is 71.6 Å². The Morgan fingerprint density at radius 3 is 1.28 bits per heavy atom. The van der Waals surface area contributed by atoms with Crippen molar-refractivity contribution in [3.63, 3.8) is 0 Å². The molecule has 1 fully saturated rings. The van der Waals surface area contributed by atoms with E-state index in [9.17, 15) is 4.79 Å². The predicted molar refractivity (Wildman–Crippen MR) is 125 cm³/mol. The van der Waals surface area contributed by atoms with Gasteiger partial charge in [0.2, 0.25) is 0 Å². The van der Waals surface area contributed by atoms with E-state index in [2.05, 4.69) is 102 Å². The van der Waals surface area contributed by atoms with Crippen LogP contribution < -0.4 is 0 Å². The van der Waals surface area contributed by atoms with Crippen LogP contribution in [0.4, 0.5) is 0 Å². The lowest BCUT2D eigenvalue weighted by atomic mass is 9.84. The molecule has 1 heteroatoms. The molecule has 152 valence electrons. The summed E-state index contributed by atoms with van der Waals surface area (Å²) in [5.74, 6) is 0.205. The lowest BCUT2D eigenvalue weighted by Gasteiger charge is -2.20. The Morgan fingerprint density at radius 1 is 0.621 bits per heavy atom.